The van der Waals surface area contributed by atoms with E-state index in [9.17, 15) is 4.79 Å². The molecule has 25 heavy (non-hydrogen) atoms. The van der Waals surface area contributed by atoms with E-state index in [0.29, 0.717) is 5.13 Å². The van der Waals surface area contributed by atoms with Gasteiger partial charge in [0.1, 0.15) is 0 Å². The number of aromatic amines is 1. The van der Waals surface area contributed by atoms with Crippen LogP contribution in [0, 0.1) is 0 Å². The highest BCUT2D eigenvalue weighted by Gasteiger charge is 2.11. The summed E-state index contributed by atoms with van der Waals surface area (Å²) in [5.41, 5.74) is 3.55. The molecule has 2 aromatic carbocycles. The summed E-state index contributed by atoms with van der Waals surface area (Å²) in [5.74, 6) is 0. The van der Waals surface area contributed by atoms with Gasteiger partial charge in [-0.25, -0.2) is 4.98 Å². The molecule has 0 saturated carbocycles. The zero-order valence-electron chi connectivity index (χ0n) is 14.1. The largest absolute Gasteiger partial charge is 0.288 e. The van der Waals surface area contributed by atoms with Crippen molar-refractivity contribution in [1.29, 1.82) is 0 Å². The molecule has 0 atom stereocenters. The number of nitrogens with one attached hydrogen (secondary N) is 1. The zero-order valence-corrected chi connectivity index (χ0v) is 15.0. The first-order valence-corrected chi connectivity index (χ1v) is 9.08. The SMILES string of the molecule is CC.O=c1cc(-c2ccccc2)[nH]n1-c1nc(-c2ccccc2)cs1. The summed E-state index contributed by atoms with van der Waals surface area (Å²) in [7, 11) is 0. The van der Waals surface area contributed by atoms with E-state index in [1.807, 2.05) is 79.9 Å². The third-order valence-corrected chi connectivity index (χ3v) is 4.38. The van der Waals surface area contributed by atoms with E-state index < -0.39 is 0 Å². The topological polar surface area (TPSA) is 50.7 Å². The highest BCUT2D eigenvalue weighted by molar-refractivity contribution is 7.12. The van der Waals surface area contributed by atoms with Crippen LogP contribution in [0.3, 0.4) is 0 Å². The van der Waals surface area contributed by atoms with E-state index in [-0.39, 0.29) is 5.56 Å². The second kappa shape index (κ2) is 7.77. The summed E-state index contributed by atoms with van der Waals surface area (Å²) in [6.45, 7) is 4.00. The average molecular weight is 349 g/mol. The minimum atomic E-state index is -0.113. The Morgan fingerprint density at radius 1 is 0.920 bits per heavy atom. The number of hydrogen-bond acceptors (Lipinski definition) is 3. The van der Waals surface area contributed by atoms with Gasteiger partial charge in [0.15, 0.2) is 0 Å². The van der Waals surface area contributed by atoms with E-state index in [1.54, 1.807) is 6.07 Å². The summed E-state index contributed by atoms with van der Waals surface area (Å²) in [6.07, 6.45) is 0. The second-order valence-corrected chi connectivity index (χ2v) is 5.93. The lowest BCUT2D eigenvalue weighted by Crippen LogP contribution is -2.12. The number of hydrogen-bond donors (Lipinski definition) is 1. The Bertz CT molecular complexity index is 984. The molecule has 0 fully saturated rings. The van der Waals surface area contributed by atoms with Crippen molar-refractivity contribution >= 4 is 11.3 Å². The van der Waals surface area contributed by atoms with Crippen molar-refractivity contribution in [1.82, 2.24) is 14.8 Å². The van der Waals surface area contributed by atoms with E-state index in [2.05, 4.69) is 10.1 Å². The van der Waals surface area contributed by atoms with Crippen LogP contribution in [0.4, 0.5) is 0 Å². The van der Waals surface area contributed by atoms with Gasteiger partial charge in [-0.1, -0.05) is 74.5 Å². The van der Waals surface area contributed by atoms with Gasteiger partial charge in [0.25, 0.3) is 5.56 Å². The molecule has 126 valence electrons. The molecule has 0 saturated heterocycles. The summed E-state index contributed by atoms with van der Waals surface area (Å²) in [5, 5.41) is 5.72. The van der Waals surface area contributed by atoms with Gasteiger partial charge in [0.2, 0.25) is 5.13 Å². The molecular formula is C20H19N3OS. The van der Waals surface area contributed by atoms with Gasteiger partial charge in [-0.05, 0) is 5.56 Å². The Kier molecular flexibility index (Phi) is 5.26. The van der Waals surface area contributed by atoms with Crippen LogP contribution < -0.4 is 5.56 Å². The molecule has 4 rings (SSSR count). The van der Waals surface area contributed by atoms with Crippen LogP contribution in [0.2, 0.25) is 0 Å². The molecule has 0 unspecified atom stereocenters. The molecule has 2 heterocycles. The normalized spacial score (nSPS) is 10.2. The highest BCUT2D eigenvalue weighted by atomic mass is 32.1. The fourth-order valence-corrected chi connectivity index (χ4v) is 3.21. The molecule has 0 aliphatic heterocycles. The van der Waals surface area contributed by atoms with E-state index in [0.717, 1.165) is 22.5 Å². The van der Waals surface area contributed by atoms with Gasteiger partial charge in [-0.3, -0.25) is 9.89 Å². The number of thiazole rings is 1. The average Bonchev–Trinajstić information content (AvgIpc) is 3.32. The molecule has 1 N–H and O–H groups in total. The van der Waals surface area contributed by atoms with Gasteiger partial charge in [0.05, 0.1) is 11.4 Å². The maximum atomic E-state index is 12.3. The molecule has 0 spiro atoms. The molecule has 0 aliphatic rings. The first-order chi connectivity index (χ1) is 12.3. The molecule has 5 heteroatoms. The Labute approximate surface area is 150 Å². The summed E-state index contributed by atoms with van der Waals surface area (Å²) >= 11 is 1.44. The molecular weight excluding hydrogens is 330 g/mol. The summed E-state index contributed by atoms with van der Waals surface area (Å²) in [6, 6.07) is 21.3. The Balaban J connectivity index is 0.000000880. The minimum absolute atomic E-state index is 0.113. The molecule has 2 aromatic heterocycles. The first-order valence-electron chi connectivity index (χ1n) is 8.20. The van der Waals surface area contributed by atoms with Gasteiger partial charge >= 0.3 is 0 Å². The Morgan fingerprint density at radius 3 is 2.16 bits per heavy atom. The van der Waals surface area contributed by atoms with Crippen molar-refractivity contribution in [3.63, 3.8) is 0 Å². The second-order valence-electron chi connectivity index (χ2n) is 5.09. The predicted octanol–water partition coefficient (Wildman–Crippen LogP) is 4.98. The Morgan fingerprint density at radius 2 is 1.52 bits per heavy atom. The lowest BCUT2D eigenvalue weighted by molar-refractivity contribution is 0.843. The van der Waals surface area contributed by atoms with E-state index in [4.69, 9.17) is 0 Å². The van der Waals surface area contributed by atoms with E-state index >= 15 is 0 Å². The van der Waals surface area contributed by atoms with Crippen LogP contribution in [-0.4, -0.2) is 14.8 Å². The van der Waals surface area contributed by atoms with Crippen molar-refractivity contribution in [3.05, 3.63) is 82.5 Å². The third-order valence-electron chi connectivity index (χ3n) is 3.56. The molecule has 0 aliphatic carbocycles. The smallest absolute Gasteiger partial charge is 0.273 e. The van der Waals surface area contributed by atoms with Crippen molar-refractivity contribution in [3.8, 4) is 27.6 Å². The quantitative estimate of drug-likeness (QED) is 0.567. The fraction of sp³-hybridized carbons (Fsp3) is 0.100. The van der Waals surface area contributed by atoms with Crippen LogP contribution in [0.25, 0.3) is 27.6 Å². The lowest BCUT2D eigenvalue weighted by Gasteiger charge is -1.98. The van der Waals surface area contributed by atoms with Gasteiger partial charge in [0, 0.05) is 17.0 Å². The minimum Gasteiger partial charge on any atom is -0.288 e. The van der Waals surface area contributed by atoms with Crippen molar-refractivity contribution in [2.24, 2.45) is 0 Å². The summed E-state index contributed by atoms with van der Waals surface area (Å²) in [4.78, 5) is 16.8. The molecule has 0 radical (unpaired) electrons. The van der Waals surface area contributed by atoms with Gasteiger partial charge in [-0.2, -0.15) is 4.68 Å². The highest BCUT2D eigenvalue weighted by Crippen LogP contribution is 2.23. The molecule has 4 aromatic rings. The predicted molar refractivity (Wildman–Crippen MR) is 104 cm³/mol. The number of aromatic nitrogens is 3. The molecule has 4 nitrogen and oxygen atoms in total. The fourth-order valence-electron chi connectivity index (χ4n) is 2.41. The number of nitrogens with zero attached hydrogens (tertiary/aromatic N) is 2. The Hall–Kier alpha value is -2.92. The number of rotatable bonds is 3. The van der Waals surface area contributed by atoms with Crippen LogP contribution in [0.5, 0.6) is 0 Å². The maximum absolute atomic E-state index is 12.3. The van der Waals surface area contributed by atoms with Crippen molar-refractivity contribution < 1.29 is 0 Å². The molecule has 0 bridgehead atoms. The van der Waals surface area contributed by atoms with Crippen molar-refractivity contribution in [2.45, 2.75) is 13.8 Å². The maximum Gasteiger partial charge on any atom is 0.273 e. The first kappa shape index (κ1) is 16.9. The standard InChI is InChI=1S/C18H13N3OS.C2H6/c22-17-11-15(13-7-3-1-4-8-13)20-21(17)18-19-16(12-23-18)14-9-5-2-6-10-14;1-2/h1-12,20H;1-2H3. The third kappa shape index (κ3) is 3.61. The van der Waals surface area contributed by atoms with Gasteiger partial charge < -0.3 is 0 Å². The van der Waals surface area contributed by atoms with Crippen LogP contribution in [0.1, 0.15) is 13.8 Å². The monoisotopic (exact) mass is 349 g/mol. The lowest BCUT2D eigenvalue weighted by atomic mass is 10.2. The zero-order chi connectivity index (χ0) is 17.6. The van der Waals surface area contributed by atoms with Crippen LogP contribution in [0.15, 0.2) is 76.9 Å². The van der Waals surface area contributed by atoms with Crippen molar-refractivity contribution in [2.75, 3.05) is 0 Å². The van der Waals surface area contributed by atoms with Crippen LogP contribution in [-0.2, 0) is 0 Å². The number of H-pyrrole nitrogens is 1. The number of benzene rings is 2. The molecule has 0 amide bonds. The van der Waals surface area contributed by atoms with Gasteiger partial charge in [-0.15, -0.1) is 11.3 Å². The van der Waals surface area contributed by atoms with E-state index in [1.165, 1.54) is 16.0 Å². The van der Waals surface area contributed by atoms with Crippen LogP contribution >= 0.6 is 11.3 Å². The summed E-state index contributed by atoms with van der Waals surface area (Å²) < 4.78 is 1.49.